The highest BCUT2D eigenvalue weighted by atomic mass is 16.5. The van der Waals surface area contributed by atoms with E-state index in [1.165, 1.54) is 88.2 Å². The molecule has 0 aliphatic carbocycles. The molecule has 0 fully saturated rings. The Balaban J connectivity index is 0.000000572. The summed E-state index contributed by atoms with van der Waals surface area (Å²) in [7, 11) is 0. The van der Waals surface area contributed by atoms with E-state index in [0.29, 0.717) is 46.9 Å². The van der Waals surface area contributed by atoms with Gasteiger partial charge in [0.15, 0.2) is 17.5 Å². The molecule has 4 aromatic rings. The molecule has 1 heterocycles. The van der Waals surface area contributed by atoms with Crippen LogP contribution < -0.4 is 4.74 Å². The van der Waals surface area contributed by atoms with E-state index < -0.39 is 0 Å². The lowest BCUT2D eigenvalue weighted by atomic mass is 9.97. The van der Waals surface area contributed by atoms with Crippen LogP contribution in [0.25, 0.3) is 28.3 Å². The zero-order chi connectivity index (χ0) is 44.6. The largest absolute Gasteiger partial charge is 0.507 e. The van der Waals surface area contributed by atoms with E-state index >= 15 is 0 Å². The van der Waals surface area contributed by atoms with Crippen molar-refractivity contribution in [1.82, 2.24) is 15.0 Å². The number of nitrogens with zero attached hydrogens (tertiary/aromatic N) is 3. The summed E-state index contributed by atoms with van der Waals surface area (Å²) in [5, 5.41) is 11.4. The molecule has 0 saturated carbocycles. The molecule has 0 aliphatic rings. The summed E-state index contributed by atoms with van der Waals surface area (Å²) in [6.45, 7) is 31.1. The Morgan fingerprint density at radius 2 is 1.07 bits per heavy atom. The van der Waals surface area contributed by atoms with Crippen LogP contribution in [0.15, 0.2) is 54.6 Å². The third-order valence-electron chi connectivity index (χ3n) is 12.8. The van der Waals surface area contributed by atoms with Crippen molar-refractivity contribution in [1.29, 1.82) is 0 Å². The van der Waals surface area contributed by atoms with Gasteiger partial charge in [0, 0.05) is 16.7 Å². The molecule has 4 rings (SSSR count). The monoisotopic (exact) mass is 820 g/mol. The number of ether oxygens (including phenoxy) is 1. The van der Waals surface area contributed by atoms with Crippen molar-refractivity contribution in [2.75, 3.05) is 6.61 Å². The fourth-order valence-corrected chi connectivity index (χ4v) is 7.72. The van der Waals surface area contributed by atoms with E-state index in [1.54, 1.807) is 0 Å². The lowest BCUT2D eigenvalue weighted by Gasteiger charge is -2.18. The maximum atomic E-state index is 11.4. The highest BCUT2D eigenvalue weighted by molar-refractivity contribution is 5.80. The first-order valence-corrected chi connectivity index (χ1v) is 23.9. The number of hydrogen-bond acceptors (Lipinski definition) is 5. The quantitative estimate of drug-likeness (QED) is 0.0907. The molecular formula is C55H85N3O2. The van der Waals surface area contributed by atoms with Crippen LogP contribution in [0.5, 0.6) is 11.5 Å². The first kappa shape index (κ1) is 52.1. The van der Waals surface area contributed by atoms with E-state index in [1.807, 2.05) is 44.2 Å². The molecule has 0 saturated heterocycles. The fraction of sp³-hybridized carbons (Fsp3) is 0.582. The van der Waals surface area contributed by atoms with Gasteiger partial charge in [0.1, 0.15) is 11.5 Å². The molecule has 332 valence electrons. The predicted molar refractivity (Wildman–Crippen MR) is 261 cm³/mol. The SMILES string of the molecule is C/C=C(/c1nc(-c2ccc(C)c(C)c2C)nc(-c2ccc(OCC(CC)CCCC)c(C)c2O)n1)c1ccccc1C.CCCCC(CC)CC.CCCCC(CC)CC. The van der Waals surface area contributed by atoms with Crippen molar-refractivity contribution >= 4 is 5.57 Å². The van der Waals surface area contributed by atoms with Gasteiger partial charge in [0.2, 0.25) is 0 Å². The van der Waals surface area contributed by atoms with Crippen LogP contribution in [0.1, 0.15) is 191 Å². The summed E-state index contributed by atoms with van der Waals surface area (Å²) in [5.41, 5.74) is 8.91. The van der Waals surface area contributed by atoms with Gasteiger partial charge in [0.25, 0.3) is 0 Å². The third kappa shape index (κ3) is 15.8. The molecule has 0 bridgehead atoms. The zero-order valence-corrected chi connectivity index (χ0v) is 40.7. The summed E-state index contributed by atoms with van der Waals surface area (Å²) in [4.78, 5) is 14.9. The van der Waals surface area contributed by atoms with E-state index in [-0.39, 0.29) is 5.75 Å². The van der Waals surface area contributed by atoms with Gasteiger partial charge >= 0.3 is 0 Å². The van der Waals surface area contributed by atoms with Crippen LogP contribution >= 0.6 is 0 Å². The number of allylic oxidation sites excluding steroid dienone is 1. The average molecular weight is 820 g/mol. The molecule has 0 spiro atoms. The number of rotatable bonds is 21. The molecule has 0 aliphatic heterocycles. The number of aromatic hydroxyl groups is 1. The highest BCUT2D eigenvalue weighted by Crippen LogP contribution is 2.38. The van der Waals surface area contributed by atoms with Crippen molar-refractivity contribution in [3.63, 3.8) is 0 Å². The summed E-state index contributed by atoms with van der Waals surface area (Å²) in [5.74, 6) is 4.93. The van der Waals surface area contributed by atoms with Crippen LogP contribution in [0.2, 0.25) is 0 Å². The van der Waals surface area contributed by atoms with Crippen molar-refractivity contribution in [3.8, 4) is 34.3 Å². The van der Waals surface area contributed by atoms with Gasteiger partial charge in [-0.2, -0.15) is 0 Å². The minimum Gasteiger partial charge on any atom is -0.507 e. The molecule has 1 unspecified atom stereocenters. The smallest absolute Gasteiger partial charge is 0.167 e. The fourth-order valence-electron chi connectivity index (χ4n) is 7.72. The van der Waals surface area contributed by atoms with Crippen molar-refractivity contribution < 1.29 is 9.84 Å². The summed E-state index contributed by atoms with van der Waals surface area (Å²) >= 11 is 0. The molecule has 3 aromatic carbocycles. The number of benzene rings is 3. The molecule has 0 radical (unpaired) electrons. The predicted octanol–water partition coefficient (Wildman–Crippen LogP) is 16.7. The molecule has 1 N–H and O–H groups in total. The van der Waals surface area contributed by atoms with E-state index in [9.17, 15) is 5.11 Å². The Hall–Kier alpha value is -3.99. The molecule has 1 aromatic heterocycles. The second-order valence-electron chi connectivity index (χ2n) is 17.0. The number of phenols is 1. The van der Waals surface area contributed by atoms with E-state index in [2.05, 4.69) is 107 Å². The van der Waals surface area contributed by atoms with Crippen molar-refractivity contribution in [2.45, 2.75) is 187 Å². The van der Waals surface area contributed by atoms with Gasteiger partial charge in [-0.05, 0) is 106 Å². The Morgan fingerprint density at radius 1 is 0.567 bits per heavy atom. The number of phenolic OH excluding ortho intramolecular Hbond substituents is 1. The van der Waals surface area contributed by atoms with E-state index in [4.69, 9.17) is 19.7 Å². The van der Waals surface area contributed by atoms with Crippen LogP contribution in [-0.4, -0.2) is 26.7 Å². The second-order valence-corrected chi connectivity index (χ2v) is 17.0. The van der Waals surface area contributed by atoms with Crippen LogP contribution in [0, 0.1) is 52.4 Å². The first-order chi connectivity index (χ1) is 28.9. The van der Waals surface area contributed by atoms with Crippen LogP contribution in [0.4, 0.5) is 0 Å². The number of aromatic nitrogens is 3. The summed E-state index contributed by atoms with van der Waals surface area (Å²) in [6, 6.07) is 16.2. The summed E-state index contributed by atoms with van der Waals surface area (Å²) in [6.07, 6.45) is 20.6. The highest BCUT2D eigenvalue weighted by Gasteiger charge is 2.21. The Labute approximate surface area is 368 Å². The normalized spacial score (nSPS) is 11.9. The van der Waals surface area contributed by atoms with Gasteiger partial charge in [0.05, 0.1) is 12.2 Å². The van der Waals surface area contributed by atoms with E-state index in [0.717, 1.165) is 52.5 Å². The molecule has 1 atom stereocenters. The molecule has 5 heteroatoms. The first-order valence-electron chi connectivity index (χ1n) is 23.9. The lowest BCUT2D eigenvalue weighted by Crippen LogP contribution is -2.12. The van der Waals surface area contributed by atoms with Gasteiger partial charge < -0.3 is 9.84 Å². The van der Waals surface area contributed by atoms with Crippen LogP contribution in [0.3, 0.4) is 0 Å². The molecule has 5 nitrogen and oxygen atoms in total. The second kappa shape index (κ2) is 28.5. The maximum Gasteiger partial charge on any atom is 0.167 e. The van der Waals surface area contributed by atoms with Gasteiger partial charge in [-0.3, -0.25) is 0 Å². The minimum atomic E-state index is 0.131. The van der Waals surface area contributed by atoms with Crippen molar-refractivity contribution in [3.05, 3.63) is 93.8 Å². The summed E-state index contributed by atoms with van der Waals surface area (Å²) < 4.78 is 6.22. The standard InChI is InChI=1S/C37H45N3O2.2C9H20/c1-9-12-16-28(10-2)22-42-33-21-20-32(34(41)27(33)8)37-39-35(29(11-3)30-17-14-13-15-24(30)5)38-36(40-37)31-19-18-23(4)25(6)26(31)7;2*1-4-7-8-9(5-2)6-3/h11,13-15,17-21,28,41H,9-10,12,16,22H2,1-8H3;2*9H,4-8H2,1-3H3/b29-11+;;. The Bertz CT molecular complexity index is 1840. The average Bonchev–Trinajstić information content (AvgIpc) is 3.26. The maximum absolute atomic E-state index is 11.4. The third-order valence-corrected chi connectivity index (χ3v) is 12.8. The topological polar surface area (TPSA) is 68.1 Å². The Morgan fingerprint density at radius 3 is 1.57 bits per heavy atom. The van der Waals surface area contributed by atoms with Gasteiger partial charge in [-0.25, -0.2) is 15.0 Å². The zero-order valence-electron chi connectivity index (χ0n) is 40.7. The number of hydrogen-bond donors (Lipinski definition) is 1. The number of unbranched alkanes of at least 4 members (excludes halogenated alkanes) is 3. The van der Waals surface area contributed by atoms with Gasteiger partial charge in [-0.1, -0.05) is 181 Å². The number of aryl methyl sites for hydroxylation is 2. The lowest BCUT2D eigenvalue weighted by molar-refractivity contribution is 0.231. The molecular weight excluding hydrogens is 735 g/mol. The van der Waals surface area contributed by atoms with Crippen molar-refractivity contribution in [2.24, 2.45) is 17.8 Å². The molecule has 60 heavy (non-hydrogen) atoms. The van der Waals surface area contributed by atoms with Gasteiger partial charge in [-0.15, -0.1) is 0 Å². The molecule has 0 amide bonds. The Kier molecular flexibility index (Phi) is 24.8. The van der Waals surface area contributed by atoms with Crippen LogP contribution in [-0.2, 0) is 0 Å². The minimum absolute atomic E-state index is 0.131.